The standard InChI is InChI=1S/C16H17NO4S2/c1-10(21-15(19)8-12-4-3-7-22-12)16(20)14-6-5-13(23-14)9-17-11(2)18/h3-7,10H,8-9H2,1-2H3,(H,17,18). The minimum absolute atomic E-state index is 0.123. The average Bonchev–Trinajstić information content (AvgIpc) is 3.15. The van der Waals surface area contributed by atoms with E-state index in [1.54, 1.807) is 19.1 Å². The zero-order valence-corrected chi connectivity index (χ0v) is 14.5. The highest BCUT2D eigenvalue weighted by atomic mass is 32.1. The van der Waals surface area contributed by atoms with Crippen LogP contribution in [-0.4, -0.2) is 23.8 Å². The number of Topliss-reactive ketones (excluding diaryl/α,β-unsaturated/α-hetero) is 1. The van der Waals surface area contributed by atoms with Crippen molar-refractivity contribution in [2.45, 2.75) is 32.9 Å². The SMILES string of the molecule is CC(=O)NCc1ccc(C(=O)C(C)OC(=O)Cc2cccs2)s1. The summed E-state index contributed by atoms with van der Waals surface area (Å²) in [5.41, 5.74) is 0. The zero-order chi connectivity index (χ0) is 16.8. The van der Waals surface area contributed by atoms with Gasteiger partial charge in [0, 0.05) is 16.7 Å². The highest BCUT2D eigenvalue weighted by Gasteiger charge is 2.21. The molecule has 2 rings (SSSR count). The molecule has 0 spiro atoms. The molecule has 7 heteroatoms. The van der Waals surface area contributed by atoms with Gasteiger partial charge in [-0.3, -0.25) is 14.4 Å². The van der Waals surface area contributed by atoms with Gasteiger partial charge in [0.1, 0.15) is 0 Å². The number of hydrogen-bond acceptors (Lipinski definition) is 6. The quantitative estimate of drug-likeness (QED) is 0.615. The lowest BCUT2D eigenvalue weighted by molar-refractivity contribution is -0.145. The van der Waals surface area contributed by atoms with E-state index in [1.807, 2.05) is 17.5 Å². The first kappa shape index (κ1) is 17.4. The molecule has 2 aromatic heterocycles. The van der Waals surface area contributed by atoms with E-state index < -0.39 is 12.1 Å². The molecule has 5 nitrogen and oxygen atoms in total. The average molecular weight is 351 g/mol. The number of amides is 1. The number of nitrogens with one attached hydrogen (secondary N) is 1. The Labute approximate surface area is 142 Å². The van der Waals surface area contributed by atoms with Crippen LogP contribution in [-0.2, 0) is 27.3 Å². The van der Waals surface area contributed by atoms with Crippen molar-refractivity contribution in [3.63, 3.8) is 0 Å². The van der Waals surface area contributed by atoms with E-state index >= 15 is 0 Å². The predicted octanol–water partition coefficient (Wildman–Crippen LogP) is 2.80. The number of hydrogen-bond donors (Lipinski definition) is 1. The van der Waals surface area contributed by atoms with E-state index in [0.29, 0.717) is 11.4 Å². The molecule has 1 N–H and O–H groups in total. The maximum atomic E-state index is 12.3. The van der Waals surface area contributed by atoms with Crippen molar-refractivity contribution in [3.05, 3.63) is 44.3 Å². The topological polar surface area (TPSA) is 72.5 Å². The zero-order valence-electron chi connectivity index (χ0n) is 12.8. The van der Waals surface area contributed by atoms with Gasteiger partial charge in [-0.05, 0) is 30.5 Å². The summed E-state index contributed by atoms with van der Waals surface area (Å²) in [5, 5.41) is 4.56. The van der Waals surface area contributed by atoms with Gasteiger partial charge in [-0.25, -0.2) is 0 Å². The number of carbonyl (C=O) groups excluding carboxylic acids is 3. The van der Waals surface area contributed by atoms with Gasteiger partial charge in [0.15, 0.2) is 6.10 Å². The van der Waals surface area contributed by atoms with Crippen LogP contribution in [0.4, 0.5) is 0 Å². The number of rotatable bonds is 7. The molecule has 0 aliphatic heterocycles. The highest BCUT2D eigenvalue weighted by molar-refractivity contribution is 7.14. The van der Waals surface area contributed by atoms with Crippen molar-refractivity contribution in [2.24, 2.45) is 0 Å². The second-order valence-electron chi connectivity index (χ2n) is 4.93. The summed E-state index contributed by atoms with van der Waals surface area (Å²) < 4.78 is 5.20. The molecule has 0 saturated carbocycles. The van der Waals surface area contributed by atoms with E-state index in [4.69, 9.17) is 4.74 Å². The molecule has 1 unspecified atom stereocenters. The van der Waals surface area contributed by atoms with Gasteiger partial charge >= 0.3 is 5.97 Å². The Bertz CT molecular complexity index is 691. The molecule has 0 radical (unpaired) electrons. The molecule has 122 valence electrons. The molecular weight excluding hydrogens is 334 g/mol. The van der Waals surface area contributed by atoms with Crippen molar-refractivity contribution < 1.29 is 19.1 Å². The van der Waals surface area contributed by atoms with Crippen LogP contribution < -0.4 is 5.32 Å². The lowest BCUT2D eigenvalue weighted by Gasteiger charge is -2.10. The molecule has 0 bridgehead atoms. The van der Waals surface area contributed by atoms with Crippen LogP contribution in [0.15, 0.2) is 29.6 Å². The molecule has 0 fully saturated rings. The van der Waals surface area contributed by atoms with Gasteiger partial charge in [0.2, 0.25) is 11.7 Å². The Morgan fingerprint density at radius 3 is 2.65 bits per heavy atom. The first-order valence-corrected chi connectivity index (χ1v) is 8.74. The third-order valence-electron chi connectivity index (χ3n) is 2.99. The van der Waals surface area contributed by atoms with Crippen LogP contribution in [0.3, 0.4) is 0 Å². The van der Waals surface area contributed by atoms with Crippen molar-refractivity contribution >= 4 is 40.3 Å². The summed E-state index contributed by atoms with van der Waals surface area (Å²) in [7, 11) is 0. The van der Waals surface area contributed by atoms with Gasteiger partial charge in [-0.1, -0.05) is 6.07 Å². The van der Waals surface area contributed by atoms with E-state index in [0.717, 1.165) is 9.75 Å². The molecule has 0 saturated heterocycles. The lowest BCUT2D eigenvalue weighted by atomic mass is 10.2. The molecule has 0 aromatic carbocycles. The number of ether oxygens (including phenoxy) is 1. The third-order valence-corrected chi connectivity index (χ3v) is 4.97. The number of esters is 1. The van der Waals surface area contributed by atoms with E-state index in [1.165, 1.54) is 29.6 Å². The molecule has 23 heavy (non-hydrogen) atoms. The summed E-state index contributed by atoms with van der Waals surface area (Å²) in [6.07, 6.45) is -0.650. The van der Waals surface area contributed by atoms with Crippen LogP contribution in [0, 0.1) is 0 Å². The largest absolute Gasteiger partial charge is 0.454 e. The monoisotopic (exact) mass is 351 g/mol. The minimum atomic E-state index is -0.824. The second kappa shape index (κ2) is 8.03. The molecule has 0 aliphatic carbocycles. The summed E-state index contributed by atoms with van der Waals surface area (Å²) in [6, 6.07) is 7.19. The number of ketones is 1. The van der Waals surface area contributed by atoms with Gasteiger partial charge < -0.3 is 10.1 Å². The van der Waals surface area contributed by atoms with Crippen molar-refractivity contribution in [3.8, 4) is 0 Å². The molecule has 2 heterocycles. The molecule has 0 aliphatic rings. The maximum absolute atomic E-state index is 12.3. The molecule has 2 aromatic rings. The van der Waals surface area contributed by atoms with Crippen LogP contribution in [0.1, 0.15) is 33.3 Å². The minimum Gasteiger partial charge on any atom is -0.454 e. The molecule has 1 amide bonds. The first-order valence-electron chi connectivity index (χ1n) is 7.05. The van der Waals surface area contributed by atoms with Crippen molar-refractivity contribution in [2.75, 3.05) is 0 Å². The summed E-state index contributed by atoms with van der Waals surface area (Å²) >= 11 is 2.77. The number of carbonyl (C=O) groups is 3. The Morgan fingerprint density at radius 2 is 2.00 bits per heavy atom. The van der Waals surface area contributed by atoms with E-state index in [9.17, 15) is 14.4 Å². The van der Waals surface area contributed by atoms with Gasteiger partial charge in [0.25, 0.3) is 0 Å². The fourth-order valence-corrected chi connectivity index (χ4v) is 3.52. The normalized spacial score (nSPS) is 11.7. The first-order chi connectivity index (χ1) is 11.0. The Kier molecular flexibility index (Phi) is 6.06. The van der Waals surface area contributed by atoms with Crippen molar-refractivity contribution in [1.82, 2.24) is 5.32 Å². The number of thiophene rings is 2. The highest BCUT2D eigenvalue weighted by Crippen LogP contribution is 2.19. The smallest absolute Gasteiger partial charge is 0.311 e. The van der Waals surface area contributed by atoms with Crippen LogP contribution in [0.2, 0.25) is 0 Å². The Balaban J connectivity index is 1.88. The Morgan fingerprint density at radius 1 is 1.22 bits per heavy atom. The summed E-state index contributed by atoms with van der Waals surface area (Å²) in [5.74, 6) is -0.769. The van der Waals surface area contributed by atoms with Crippen LogP contribution in [0.5, 0.6) is 0 Å². The third kappa shape index (κ3) is 5.30. The fourth-order valence-electron chi connectivity index (χ4n) is 1.87. The summed E-state index contributed by atoms with van der Waals surface area (Å²) in [6.45, 7) is 3.40. The van der Waals surface area contributed by atoms with Crippen LogP contribution >= 0.6 is 22.7 Å². The second-order valence-corrected chi connectivity index (χ2v) is 7.13. The Hall–Kier alpha value is -1.99. The fraction of sp³-hybridized carbons (Fsp3) is 0.312. The van der Waals surface area contributed by atoms with Gasteiger partial charge in [-0.2, -0.15) is 0 Å². The predicted molar refractivity (Wildman–Crippen MR) is 89.7 cm³/mol. The molecular formula is C16H17NO4S2. The van der Waals surface area contributed by atoms with E-state index in [-0.39, 0.29) is 18.1 Å². The molecule has 1 atom stereocenters. The van der Waals surface area contributed by atoms with Gasteiger partial charge in [-0.15, -0.1) is 22.7 Å². The summed E-state index contributed by atoms with van der Waals surface area (Å²) in [4.78, 5) is 37.3. The van der Waals surface area contributed by atoms with Gasteiger partial charge in [0.05, 0.1) is 17.8 Å². The van der Waals surface area contributed by atoms with E-state index in [2.05, 4.69) is 5.32 Å². The maximum Gasteiger partial charge on any atom is 0.311 e. The van der Waals surface area contributed by atoms with Crippen molar-refractivity contribution in [1.29, 1.82) is 0 Å². The lowest BCUT2D eigenvalue weighted by Crippen LogP contribution is -2.24. The van der Waals surface area contributed by atoms with Crippen LogP contribution in [0.25, 0.3) is 0 Å².